The first kappa shape index (κ1) is 18.3. The number of hydrogen-bond acceptors (Lipinski definition) is 6. The lowest BCUT2D eigenvalue weighted by atomic mass is 10.2. The van der Waals surface area contributed by atoms with Crippen LogP contribution in [0, 0.1) is 6.92 Å². The van der Waals surface area contributed by atoms with Gasteiger partial charge in [0.05, 0.1) is 11.4 Å². The second-order valence-electron chi connectivity index (χ2n) is 5.49. The summed E-state index contributed by atoms with van der Waals surface area (Å²) >= 11 is 4.44. The predicted octanol–water partition coefficient (Wildman–Crippen LogP) is 4.85. The Labute approximate surface area is 162 Å². The Balaban J connectivity index is 1.73. The highest BCUT2D eigenvalue weighted by atomic mass is 79.9. The largest absolute Gasteiger partial charge is 0.453 e. The Morgan fingerprint density at radius 2 is 2.12 bits per heavy atom. The monoisotopic (exact) mass is 434 g/mol. The van der Waals surface area contributed by atoms with Crippen molar-refractivity contribution in [2.75, 3.05) is 4.90 Å². The maximum Gasteiger partial charge on any atom is 0.374 e. The van der Waals surface area contributed by atoms with Crippen molar-refractivity contribution in [2.45, 2.75) is 20.5 Å². The van der Waals surface area contributed by atoms with Crippen LogP contribution in [-0.2, 0) is 16.1 Å². The smallest absolute Gasteiger partial charge is 0.374 e. The molecule has 0 spiro atoms. The molecule has 1 amide bonds. The molecular weight excluding hydrogens is 420 g/mol. The summed E-state index contributed by atoms with van der Waals surface area (Å²) in [6, 6.07) is 10.7. The molecule has 0 aliphatic rings. The van der Waals surface area contributed by atoms with Gasteiger partial charge in [-0.1, -0.05) is 12.1 Å². The number of halogens is 1. The normalized spacial score (nSPS) is 10.6. The molecule has 0 bridgehead atoms. The number of esters is 1. The van der Waals surface area contributed by atoms with E-state index in [1.165, 1.54) is 29.2 Å². The number of rotatable bonds is 5. The van der Waals surface area contributed by atoms with Crippen molar-refractivity contribution in [1.82, 2.24) is 4.98 Å². The molecule has 0 atom stereocenters. The Kier molecular flexibility index (Phi) is 5.53. The first-order chi connectivity index (χ1) is 12.4. The summed E-state index contributed by atoms with van der Waals surface area (Å²) in [5.74, 6) is -0.612. The number of aromatic nitrogens is 1. The van der Waals surface area contributed by atoms with Gasteiger partial charge in [0, 0.05) is 12.3 Å². The van der Waals surface area contributed by atoms with Gasteiger partial charge < -0.3 is 9.15 Å². The van der Waals surface area contributed by atoms with Crippen molar-refractivity contribution < 1.29 is 18.7 Å². The second kappa shape index (κ2) is 7.84. The Hall–Kier alpha value is -2.45. The number of amides is 1. The average Bonchev–Trinajstić information content (AvgIpc) is 3.22. The van der Waals surface area contributed by atoms with Gasteiger partial charge in [0.25, 0.3) is 0 Å². The SMILES string of the molecule is CC(=O)N(c1cccc(C)c1)c1nc(COC(=O)c2ccc(Br)o2)cs1. The number of hydrogen-bond donors (Lipinski definition) is 0. The number of carbonyl (C=O) groups excluding carboxylic acids is 2. The van der Waals surface area contributed by atoms with E-state index in [1.807, 2.05) is 31.2 Å². The van der Waals surface area contributed by atoms with Crippen molar-refractivity contribution >= 4 is 50.0 Å². The van der Waals surface area contributed by atoms with E-state index in [0.29, 0.717) is 15.5 Å². The van der Waals surface area contributed by atoms with Gasteiger partial charge >= 0.3 is 5.97 Å². The highest BCUT2D eigenvalue weighted by Gasteiger charge is 2.19. The molecule has 0 saturated carbocycles. The molecule has 0 aliphatic heterocycles. The molecule has 0 radical (unpaired) electrons. The first-order valence-electron chi connectivity index (χ1n) is 7.68. The van der Waals surface area contributed by atoms with E-state index in [9.17, 15) is 9.59 Å². The molecule has 0 aliphatic carbocycles. The van der Waals surface area contributed by atoms with Gasteiger partial charge in [0.15, 0.2) is 9.80 Å². The minimum absolute atomic E-state index is 0.00673. The van der Waals surface area contributed by atoms with Crippen molar-refractivity contribution in [3.63, 3.8) is 0 Å². The van der Waals surface area contributed by atoms with Crippen LogP contribution in [0.4, 0.5) is 10.8 Å². The third-order valence-electron chi connectivity index (χ3n) is 3.43. The highest BCUT2D eigenvalue weighted by molar-refractivity contribution is 9.10. The molecule has 3 rings (SSSR count). The lowest BCUT2D eigenvalue weighted by Gasteiger charge is -2.18. The molecule has 0 saturated heterocycles. The van der Waals surface area contributed by atoms with E-state index >= 15 is 0 Å². The molecule has 0 unspecified atom stereocenters. The third kappa shape index (κ3) is 4.20. The third-order valence-corrected chi connectivity index (χ3v) is 4.73. The van der Waals surface area contributed by atoms with E-state index in [0.717, 1.165) is 11.3 Å². The first-order valence-corrected chi connectivity index (χ1v) is 9.35. The molecule has 6 nitrogen and oxygen atoms in total. The molecule has 26 heavy (non-hydrogen) atoms. The molecule has 1 aromatic carbocycles. The van der Waals surface area contributed by atoms with Crippen LogP contribution in [-0.4, -0.2) is 16.9 Å². The number of aryl methyl sites for hydroxylation is 1. The van der Waals surface area contributed by atoms with Crippen LogP contribution in [0.3, 0.4) is 0 Å². The summed E-state index contributed by atoms with van der Waals surface area (Å²) in [4.78, 5) is 30.0. The van der Waals surface area contributed by atoms with Gasteiger partial charge in [0.1, 0.15) is 6.61 Å². The number of thiazole rings is 1. The van der Waals surface area contributed by atoms with Gasteiger partial charge in [0.2, 0.25) is 11.7 Å². The van der Waals surface area contributed by atoms with E-state index in [4.69, 9.17) is 9.15 Å². The predicted molar refractivity (Wildman–Crippen MR) is 102 cm³/mol. The molecule has 0 N–H and O–H groups in total. The molecule has 2 heterocycles. The van der Waals surface area contributed by atoms with E-state index in [1.54, 1.807) is 11.4 Å². The zero-order chi connectivity index (χ0) is 18.7. The highest BCUT2D eigenvalue weighted by Crippen LogP contribution is 2.29. The summed E-state index contributed by atoms with van der Waals surface area (Å²) in [6.45, 7) is 3.44. The number of furan rings is 1. The lowest BCUT2D eigenvalue weighted by molar-refractivity contribution is -0.115. The van der Waals surface area contributed by atoms with Gasteiger partial charge in [-0.25, -0.2) is 9.78 Å². The fourth-order valence-electron chi connectivity index (χ4n) is 2.29. The van der Waals surface area contributed by atoms with Gasteiger partial charge in [-0.15, -0.1) is 11.3 Å². The minimum Gasteiger partial charge on any atom is -0.453 e. The zero-order valence-corrected chi connectivity index (χ0v) is 16.5. The number of ether oxygens (including phenoxy) is 1. The quantitative estimate of drug-likeness (QED) is 0.536. The van der Waals surface area contributed by atoms with Crippen LogP contribution < -0.4 is 4.90 Å². The molecule has 0 fully saturated rings. The maximum absolute atomic E-state index is 12.1. The second-order valence-corrected chi connectivity index (χ2v) is 7.11. The number of benzene rings is 1. The fraction of sp³-hybridized carbons (Fsp3) is 0.167. The lowest BCUT2D eigenvalue weighted by Crippen LogP contribution is -2.22. The Morgan fingerprint density at radius 3 is 2.77 bits per heavy atom. The molecule has 8 heteroatoms. The summed E-state index contributed by atoms with van der Waals surface area (Å²) in [6.07, 6.45) is 0. The Morgan fingerprint density at radius 1 is 1.31 bits per heavy atom. The van der Waals surface area contributed by atoms with Crippen molar-refractivity contribution in [3.05, 3.63) is 63.5 Å². The molecule has 134 valence electrons. The maximum atomic E-state index is 12.1. The average molecular weight is 435 g/mol. The standard InChI is InChI=1S/C18H15BrN2O4S/c1-11-4-3-5-14(8-11)21(12(2)22)18-20-13(10-26-18)9-24-17(23)15-6-7-16(19)25-15/h3-8,10H,9H2,1-2H3. The summed E-state index contributed by atoms with van der Waals surface area (Å²) in [5.41, 5.74) is 2.35. The molecular formula is C18H15BrN2O4S. The topological polar surface area (TPSA) is 72.6 Å². The zero-order valence-electron chi connectivity index (χ0n) is 14.1. The fourth-order valence-corrected chi connectivity index (χ4v) is 3.47. The molecule has 3 aromatic rings. The van der Waals surface area contributed by atoms with E-state index < -0.39 is 5.97 Å². The summed E-state index contributed by atoms with van der Waals surface area (Å²) in [7, 11) is 0. The van der Waals surface area contributed by atoms with E-state index in [2.05, 4.69) is 20.9 Å². The van der Waals surface area contributed by atoms with Crippen LogP contribution in [0.2, 0.25) is 0 Å². The van der Waals surface area contributed by atoms with Crippen LogP contribution in [0.25, 0.3) is 0 Å². The number of nitrogens with zero attached hydrogens (tertiary/aromatic N) is 2. The van der Waals surface area contributed by atoms with Crippen LogP contribution in [0.1, 0.15) is 28.7 Å². The number of anilines is 2. The van der Waals surface area contributed by atoms with Crippen molar-refractivity contribution in [2.24, 2.45) is 0 Å². The van der Waals surface area contributed by atoms with Crippen LogP contribution >= 0.6 is 27.3 Å². The Bertz CT molecular complexity index is 950. The van der Waals surface area contributed by atoms with Gasteiger partial charge in [-0.2, -0.15) is 0 Å². The van der Waals surface area contributed by atoms with Crippen LogP contribution in [0.15, 0.2) is 50.9 Å². The van der Waals surface area contributed by atoms with Crippen molar-refractivity contribution in [1.29, 1.82) is 0 Å². The molecule has 2 aromatic heterocycles. The van der Waals surface area contributed by atoms with Gasteiger partial charge in [-0.3, -0.25) is 9.69 Å². The van der Waals surface area contributed by atoms with Crippen LogP contribution in [0.5, 0.6) is 0 Å². The number of carbonyl (C=O) groups is 2. The van der Waals surface area contributed by atoms with E-state index in [-0.39, 0.29) is 18.3 Å². The van der Waals surface area contributed by atoms with Gasteiger partial charge in [-0.05, 0) is 52.7 Å². The summed E-state index contributed by atoms with van der Waals surface area (Å²) in [5, 5.41) is 2.28. The summed E-state index contributed by atoms with van der Waals surface area (Å²) < 4.78 is 10.8. The minimum atomic E-state index is -0.577. The van der Waals surface area contributed by atoms with Crippen molar-refractivity contribution in [3.8, 4) is 0 Å².